The summed E-state index contributed by atoms with van der Waals surface area (Å²) in [4.78, 5) is 19.2. The summed E-state index contributed by atoms with van der Waals surface area (Å²) in [5, 5.41) is 2.75. The van der Waals surface area contributed by atoms with Crippen LogP contribution in [0.2, 0.25) is 0 Å². The van der Waals surface area contributed by atoms with Crippen LogP contribution >= 0.6 is 0 Å². The van der Waals surface area contributed by atoms with E-state index in [1.165, 1.54) is 11.9 Å². The SMILES string of the molecule is COc1ccc(Cc2cc3c(=O)[nH]cnc3c3ccccc23)cc1. The molecule has 24 heavy (non-hydrogen) atoms. The molecule has 1 heterocycles. The van der Waals surface area contributed by atoms with E-state index >= 15 is 0 Å². The van der Waals surface area contributed by atoms with E-state index < -0.39 is 0 Å². The van der Waals surface area contributed by atoms with Crippen molar-refractivity contribution in [3.05, 3.63) is 82.4 Å². The van der Waals surface area contributed by atoms with Crippen LogP contribution in [-0.4, -0.2) is 17.1 Å². The van der Waals surface area contributed by atoms with Crippen LogP contribution in [0, 0.1) is 0 Å². The summed E-state index contributed by atoms with van der Waals surface area (Å²) in [5.74, 6) is 0.836. The molecule has 0 radical (unpaired) electrons. The Hall–Kier alpha value is -3.14. The van der Waals surface area contributed by atoms with Gasteiger partial charge in [0.05, 0.1) is 24.3 Å². The highest BCUT2D eigenvalue weighted by Gasteiger charge is 2.10. The van der Waals surface area contributed by atoms with Gasteiger partial charge in [-0.15, -0.1) is 0 Å². The van der Waals surface area contributed by atoms with Crippen molar-refractivity contribution in [1.82, 2.24) is 9.97 Å². The predicted octanol–water partition coefficient (Wildman–Crippen LogP) is 3.68. The van der Waals surface area contributed by atoms with Gasteiger partial charge in [-0.25, -0.2) is 4.98 Å². The van der Waals surface area contributed by atoms with Gasteiger partial charge in [-0.2, -0.15) is 0 Å². The molecule has 0 unspecified atom stereocenters. The lowest BCUT2D eigenvalue weighted by atomic mass is 9.96. The number of nitrogens with zero attached hydrogens (tertiary/aromatic N) is 1. The van der Waals surface area contributed by atoms with Crippen LogP contribution in [0.15, 0.2) is 65.7 Å². The average Bonchev–Trinajstić information content (AvgIpc) is 2.63. The third-order valence-electron chi connectivity index (χ3n) is 4.29. The van der Waals surface area contributed by atoms with Crippen LogP contribution in [0.1, 0.15) is 11.1 Å². The van der Waals surface area contributed by atoms with Crippen LogP contribution in [-0.2, 0) is 6.42 Å². The molecule has 0 spiro atoms. The van der Waals surface area contributed by atoms with E-state index in [-0.39, 0.29) is 5.56 Å². The second kappa shape index (κ2) is 5.81. The first-order valence-corrected chi connectivity index (χ1v) is 7.77. The molecular weight excluding hydrogens is 300 g/mol. The van der Waals surface area contributed by atoms with Gasteiger partial charge in [-0.1, -0.05) is 36.4 Å². The highest BCUT2D eigenvalue weighted by atomic mass is 16.5. The maximum absolute atomic E-state index is 12.2. The number of nitrogens with one attached hydrogen (secondary N) is 1. The monoisotopic (exact) mass is 316 g/mol. The molecule has 0 amide bonds. The zero-order chi connectivity index (χ0) is 16.5. The molecule has 118 valence electrons. The van der Waals surface area contributed by atoms with Gasteiger partial charge in [0.25, 0.3) is 5.56 Å². The van der Waals surface area contributed by atoms with E-state index in [9.17, 15) is 4.79 Å². The quantitative estimate of drug-likeness (QED) is 0.587. The predicted molar refractivity (Wildman–Crippen MR) is 95.7 cm³/mol. The number of ether oxygens (including phenoxy) is 1. The second-order valence-electron chi connectivity index (χ2n) is 5.73. The summed E-state index contributed by atoms with van der Waals surface area (Å²) >= 11 is 0. The molecule has 4 aromatic rings. The van der Waals surface area contributed by atoms with Crippen molar-refractivity contribution in [2.45, 2.75) is 6.42 Å². The molecule has 0 saturated heterocycles. The van der Waals surface area contributed by atoms with Crippen molar-refractivity contribution in [2.75, 3.05) is 7.11 Å². The Morgan fingerprint density at radius 1 is 1.00 bits per heavy atom. The van der Waals surface area contributed by atoms with Gasteiger partial charge in [0.1, 0.15) is 5.75 Å². The number of hydrogen-bond acceptors (Lipinski definition) is 3. The highest BCUT2D eigenvalue weighted by Crippen LogP contribution is 2.27. The first-order valence-electron chi connectivity index (χ1n) is 7.77. The van der Waals surface area contributed by atoms with Crippen LogP contribution in [0.4, 0.5) is 0 Å². The van der Waals surface area contributed by atoms with Gasteiger partial charge in [-0.3, -0.25) is 4.79 Å². The van der Waals surface area contributed by atoms with Crippen LogP contribution in [0.5, 0.6) is 5.75 Å². The Kier molecular flexibility index (Phi) is 3.50. The number of methoxy groups -OCH3 is 1. The number of aromatic nitrogens is 2. The minimum atomic E-state index is -0.110. The fraction of sp³-hybridized carbons (Fsp3) is 0.100. The van der Waals surface area contributed by atoms with E-state index in [2.05, 4.69) is 16.0 Å². The van der Waals surface area contributed by atoms with Gasteiger partial charge in [-0.05, 0) is 41.1 Å². The van der Waals surface area contributed by atoms with Crippen LogP contribution in [0.25, 0.3) is 21.7 Å². The first kappa shape index (κ1) is 14.5. The Bertz CT molecular complexity index is 1080. The van der Waals surface area contributed by atoms with E-state index in [1.807, 2.05) is 48.5 Å². The molecule has 4 nitrogen and oxygen atoms in total. The van der Waals surface area contributed by atoms with E-state index in [0.717, 1.165) is 34.0 Å². The third kappa shape index (κ3) is 2.42. The van der Waals surface area contributed by atoms with E-state index in [0.29, 0.717) is 5.39 Å². The minimum absolute atomic E-state index is 0.110. The number of aromatic amines is 1. The van der Waals surface area contributed by atoms with Gasteiger partial charge in [0.2, 0.25) is 0 Å². The topological polar surface area (TPSA) is 55.0 Å². The van der Waals surface area contributed by atoms with Crippen molar-refractivity contribution in [1.29, 1.82) is 0 Å². The fourth-order valence-electron chi connectivity index (χ4n) is 3.09. The normalized spacial score (nSPS) is 11.0. The number of hydrogen-bond donors (Lipinski definition) is 1. The zero-order valence-corrected chi connectivity index (χ0v) is 13.2. The number of H-pyrrole nitrogens is 1. The average molecular weight is 316 g/mol. The molecule has 0 aliphatic rings. The van der Waals surface area contributed by atoms with Crippen LogP contribution < -0.4 is 10.3 Å². The Labute approximate surface area is 138 Å². The second-order valence-corrected chi connectivity index (χ2v) is 5.73. The molecule has 0 fully saturated rings. The summed E-state index contributed by atoms with van der Waals surface area (Å²) in [7, 11) is 1.66. The number of rotatable bonds is 3. The minimum Gasteiger partial charge on any atom is -0.497 e. The lowest BCUT2D eigenvalue weighted by Gasteiger charge is -2.10. The fourth-order valence-corrected chi connectivity index (χ4v) is 3.09. The van der Waals surface area contributed by atoms with Crippen molar-refractivity contribution >= 4 is 21.7 Å². The molecule has 0 aliphatic carbocycles. The molecule has 0 aliphatic heterocycles. The lowest BCUT2D eigenvalue weighted by Crippen LogP contribution is -2.07. The van der Waals surface area contributed by atoms with Crippen molar-refractivity contribution < 1.29 is 4.74 Å². The smallest absolute Gasteiger partial charge is 0.258 e. The molecule has 3 aromatic carbocycles. The Morgan fingerprint density at radius 2 is 1.75 bits per heavy atom. The summed E-state index contributed by atoms with van der Waals surface area (Å²) in [6.45, 7) is 0. The summed E-state index contributed by atoms with van der Waals surface area (Å²) < 4.78 is 5.21. The number of benzene rings is 3. The summed E-state index contributed by atoms with van der Waals surface area (Å²) in [6.07, 6.45) is 2.20. The summed E-state index contributed by atoms with van der Waals surface area (Å²) in [6, 6.07) is 18.0. The van der Waals surface area contributed by atoms with Gasteiger partial charge in [0, 0.05) is 5.39 Å². The van der Waals surface area contributed by atoms with Crippen molar-refractivity contribution in [2.24, 2.45) is 0 Å². The molecular formula is C20H16N2O2. The van der Waals surface area contributed by atoms with Gasteiger partial charge in [0.15, 0.2) is 0 Å². The largest absolute Gasteiger partial charge is 0.497 e. The van der Waals surface area contributed by atoms with E-state index in [1.54, 1.807) is 7.11 Å². The van der Waals surface area contributed by atoms with Gasteiger partial charge >= 0.3 is 0 Å². The molecule has 4 heteroatoms. The molecule has 0 saturated carbocycles. The zero-order valence-electron chi connectivity index (χ0n) is 13.2. The molecule has 0 bridgehead atoms. The van der Waals surface area contributed by atoms with E-state index in [4.69, 9.17) is 4.74 Å². The van der Waals surface area contributed by atoms with Crippen LogP contribution in [0.3, 0.4) is 0 Å². The number of fused-ring (bicyclic) bond motifs is 3. The van der Waals surface area contributed by atoms with Crippen molar-refractivity contribution in [3.8, 4) is 5.75 Å². The highest BCUT2D eigenvalue weighted by molar-refractivity contribution is 6.06. The maximum atomic E-state index is 12.2. The molecule has 0 atom stereocenters. The Balaban J connectivity index is 1.92. The summed E-state index contributed by atoms with van der Waals surface area (Å²) in [5.41, 5.74) is 2.91. The Morgan fingerprint density at radius 3 is 2.50 bits per heavy atom. The standard InChI is InChI=1S/C20H16N2O2/c1-24-15-8-6-13(7-9-15)10-14-11-18-19(21-12-22-20(18)23)17-5-3-2-4-16(14)17/h2-9,11-12H,10H2,1H3,(H,21,22,23). The molecule has 1 aromatic heterocycles. The molecule has 1 N–H and O–H groups in total. The first-order chi connectivity index (χ1) is 11.8. The lowest BCUT2D eigenvalue weighted by molar-refractivity contribution is 0.414. The van der Waals surface area contributed by atoms with Gasteiger partial charge < -0.3 is 9.72 Å². The third-order valence-corrected chi connectivity index (χ3v) is 4.29. The molecule has 4 rings (SSSR count). The maximum Gasteiger partial charge on any atom is 0.258 e. The van der Waals surface area contributed by atoms with Crippen molar-refractivity contribution in [3.63, 3.8) is 0 Å².